The zero-order valence-electron chi connectivity index (χ0n) is 11.6. The Bertz CT molecular complexity index is 705. The first kappa shape index (κ1) is 13.8. The van der Waals surface area contributed by atoms with Crippen molar-refractivity contribution in [2.75, 3.05) is 0 Å². The summed E-state index contributed by atoms with van der Waals surface area (Å²) in [6.07, 6.45) is 0. The highest BCUT2D eigenvalue weighted by atomic mass is 32.2. The molecule has 3 rings (SSSR count). The summed E-state index contributed by atoms with van der Waals surface area (Å²) in [4.78, 5) is 1.15. The fourth-order valence-corrected chi connectivity index (χ4v) is 3.09. The fraction of sp³-hybridized carbons (Fsp3) is 0.0526. The quantitative estimate of drug-likeness (QED) is 0.577. The molecule has 3 aromatic carbocycles. The lowest BCUT2D eigenvalue weighted by atomic mass is 10.0. The molecule has 0 atom stereocenters. The second-order valence-electron chi connectivity index (χ2n) is 4.88. The highest BCUT2D eigenvalue weighted by Crippen LogP contribution is 2.26. The van der Waals surface area contributed by atoms with Crippen LogP contribution in [0, 0.1) is 0 Å². The van der Waals surface area contributed by atoms with Gasteiger partial charge in [0.1, 0.15) is 0 Å². The van der Waals surface area contributed by atoms with Crippen LogP contribution in [0.1, 0.15) is 5.56 Å². The molecule has 1 radical (unpaired) electrons. The molecule has 0 aliphatic rings. The molecule has 0 bridgehead atoms. The molecule has 0 amide bonds. The van der Waals surface area contributed by atoms with Crippen LogP contribution in [0.5, 0.6) is 0 Å². The van der Waals surface area contributed by atoms with Gasteiger partial charge in [0.2, 0.25) is 0 Å². The van der Waals surface area contributed by atoms with Crippen LogP contribution >= 0.6 is 11.8 Å². The SMILES string of the molecule is [NH]c1cccc(SCc2ccc(-c3ccccc3)cc2)c1. The maximum atomic E-state index is 7.63. The largest absolute Gasteiger partial charge is 0.301 e. The summed E-state index contributed by atoms with van der Waals surface area (Å²) in [7, 11) is 0. The Labute approximate surface area is 129 Å². The third-order valence-corrected chi connectivity index (χ3v) is 4.37. The second kappa shape index (κ2) is 6.51. The van der Waals surface area contributed by atoms with E-state index in [9.17, 15) is 0 Å². The summed E-state index contributed by atoms with van der Waals surface area (Å²) < 4.78 is 0. The molecule has 0 spiro atoms. The van der Waals surface area contributed by atoms with Crippen LogP contribution in [0.25, 0.3) is 11.1 Å². The van der Waals surface area contributed by atoms with Crippen molar-refractivity contribution in [3.63, 3.8) is 0 Å². The van der Waals surface area contributed by atoms with Gasteiger partial charge in [-0.1, -0.05) is 60.7 Å². The van der Waals surface area contributed by atoms with E-state index in [0.717, 1.165) is 10.6 Å². The Hall–Kier alpha value is -2.19. The van der Waals surface area contributed by atoms with Crippen LogP contribution in [0.2, 0.25) is 0 Å². The maximum absolute atomic E-state index is 7.63. The van der Waals surface area contributed by atoms with Crippen molar-refractivity contribution < 1.29 is 0 Å². The van der Waals surface area contributed by atoms with Gasteiger partial charge in [-0.15, -0.1) is 11.8 Å². The average Bonchev–Trinajstić information content (AvgIpc) is 2.54. The maximum Gasteiger partial charge on any atom is 0.0551 e. The van der Waals surface area contributed by atoms with Gasteiger partial charge in [-0.3, -0.25) is 0 Å². The molecule has 0 fully saturated rings. The summed E-state index contributed by atoms with van der Waals surface area (Å²) >= 11 is 1.77. The lowest BCUT2D eigenvalue weighted by Gasteiger charge is -2.05. The van der Waals surface area contributed by atoms with Gasteiger partial charge in [-0.25, -0.2) is 0 Å². The van der Waals surface area contributed by atoms with Gasteiger partial charge < -0.3 is 5.73 Å². The highest BCUT2D eigenvalue weighted by Gasteiger charge is 1.99. The van der Waals surface area contributed by atoms with E-state index < -0.39 is 0 Å². The standard InChI is InChI=1S/C19H16NS/c20-18-7-4-8-19(13-18)21-14-15-9-11-17(12-10-15)16-5-2-1-3-6-16/h1-13,20H,14H2. The normalized spacial score (nSPS) is 10.5. The molecule has 1 N–H and O–H groups in total. The number of rotatable bonds is 4. The molecule has 3 aromatic rings. The third-order valence-electron chi connectivity index (χ3n) is 3.30. The molecule has 21 heavy (non-hydrogen) atoms. The van der Waals surface area contributed by atoms with Crippen molar-refractivity contribution in [2.24, 2.45) is 0 Å². The number of nitrogens with one attached hydrogen (secondary N) is 1. The lowest BCUT2D eigenvalue weighted by Crippen LogP contribution is -1.82. The molecule has 0 unspecified atom stereocenters. The van der Waals surface area contributed by atoms with Crippen molar-refractivity contribution in [3.8, 4) is 11.1 Å². The number of hydrogen-bond acceptors (Lipinski definition) is 1. The van der Waals surface area contributed by atoms with Crippen molar-refractivity contribution in [1.29, 1.82) is 0 Å². The molecule has 0 saturated heterocycles. The van der Waals surface area contributed by atoms with Gasteiger partial charge >= 0.3 is 0 Å². The Balaban J connectivity index is 1.68. The van der Waals surface area contributed by atoms with Crippen LogP contribution in [0.15, 0.2) is 83.8 Å². The predicted octanol–water partition coefficient (Wildman–Crippen LogP) is 5.56. The molecule has 0 aliphatic heterocycles. The van der Waals surface area contributed by atoms with Gasteiger partial charge in [0, 0.05) is 10.6 Å². The van der Waals surface area contributed by atoms with Gasteiger partial charge in [0.25, 0.3) is 0 Å². The molecule has 1 nitrogen and oxygen atoms in total. The van der Waals surface area contributed by atoms with Gasteiger partial charge in [-0.05, 0) is 34.9 Å². The minimum Gasteiger partial charge on any atom is -0.301 e. The third kappa shape index (κ3) is 3.67. The minimum atomic E-state index is 0.569. The van der Waals surface area contributed by atoms with E-state index in [1.807, 2.05) is 18.2 Å². The van der Waals surface area contributed by atoms with E-state index in [4.69, 9.17) is 5.73 Å². The van der Waals surface area contributed by atoms with Gasteiger partial charge in [-0.2, -0.15) is 0 Å². The fourth-order valence-electron chi connectivity index (χ4n) is 2.18. The molecule has 0 aromatic heterocycles. The molecule has 0 heterocycles. The van der Waals surface area contributed by atoms with Gasteiger partial charge in [0.05, 0.1) is 5.69 Å². The number of benzene rings is 3. The van der Waals surface area contributed by atoms with E-state index in [-0.39, 0.29) is 0 Å². The molecular weight excluding hydrogens is 274 g/mol. The second-order valence-corrected chi connectivity index (χ2v) is 5.93. The van der Waals surface area contributed by atoms with Crippen LogP contribution < -0.4 is 5.73 Å². The first-order chi connectivity index (χ1) is 10.3. The molecule has 103 valence electrons. The Morgan fingerprint density at radius 3 is 2.14 bits per heavy atom. The Kier molecular flexibility index (Phi) is 4.27. The first-order valence-electron chi connectivity index (χ1n) is 6.90. The average molecular weight is 290 g/mol. The lowest BCUT2D eigenvalue weighted by molar-refractivity contribution is 1.36. The van der Waals surface area contributed by atoms with E-state index >= 15 is 0 Å². The van der Waals surface area contributed by atoms with E-state index in [1.54, 1.807) is 17.8 Å². The number of hydrogen-bond donors (Lipinski definition) is 0. The summed E-state index contributed by atoms with van der Waals surface area (Å²) in [5.74, 6) is 0.929. The predicted molar refractivity (Wildman–Crippen MR) is 90.6 cm³/mol. The zero-order chi connectivity index (χ0) is 14.5. The van der Waals surface area contributed by atoms with Crippen molar-refractivity contribution in [2.45, 2.75) is 10.6 Å². The van der Waals surface area contributed by atoms with Crippen LogP contribution in [0.4, 0.5) is 5.69 Å². The van der Waals surface area contributed by atoms with Crippen molar-refractivity contribution in [1.82, 2.24) is 5.73 Å². The van der Waals surface area contributed by atoms with Crippen LogP contribution in [0.3, 0.4) is 0 Å². The van der Waals surface area contributed by atoms with E-state index in [1.165, 1.54) is 16.7 Å². The van der Waals surface area contributed by atoms with Crippen LogP contribution in [-0.2, 0) is 5.75 Å². The summed E-state index contributed by atoms with van der Waals surface area (Å²) in [5.41, 5.74) is 12.0. The molecular formula is C19H16NS. The topological polar surface area (TPSA) is 23.8 Å². The summed E-state index contributed by atoms with van der Waals surface area (Å²) in [5, 5.41) is 0. The Morgan fingerprint density at radius 2 is 1.43 bits per heavy atom. The summed E-state index contributed by atoms with van der Waals surface area (Å²) in [6, 6.07) is 26.8. The highest BCUT2D eigenvalue weighted by molar-refractivity contribution is 7.98. The molecule has 0 saturated carbocycles. The van der Waals surface area contributed by atoms with Gasteiger partial charge in [0.15, 0.2) is 0 Å². The van der Waals surface area contributed by atoms with Crippen molar-refractivity contribution >= 4 is 17.4 Å². The van der Waals surface area contributed by atoms with Crippen LogP contribution in [-0.4, -0.2) is 0 Å². The summed E-state index contributed by atoms with van der Waals surface area (Å²) in [6.45, 7) is 0. The monoisotopic (exact) mass is 290 g/mol. The smallest absolute Gasteiger partial charge is 0.0551 e. The zero-order valence-corrected chi connectivity index (χ0v) is 12.4. The van der Waals surface area contributed by atoms with Crippen molar-refractivity contribution in [3.05, 3.63) is 84.4 Å². The van der Waals surface area contributed by atoms with E-state index in [2.05, 4.69) is 54.6 Å². The first-order valence-corrected chi connectivity index (χ1v) is 7.89. The Morgan fingerprint density at radius 1 is 0.714 bits per heavy atom. The van der Waals surface area contributed by atoms with E-state index in [0.29, 0.717) is 5.69 Å². The molecule has 0 aliphatic carbocycles. The minimum absolute atomic E-state index is 0.569. The molecule has 2 heteroatoms. The number of thioether (sulfide) groups is 1.